The molecule has 2 aromatic carbocycles. The minimum absolute atomic E-state index is 0.0406. The van der Waals surface area contributed by atoms with Gasteiger partial charge in [0.05, 0.1) is 0 Å². The highest BCUT2D eigenvalue weighted by Gasteiger charge is 2.40. The Morgan fingerprint density at radius 2 is 1.72 bits per heavy atom. The Hall–Kier alpha value is -3.74. The average molecular weight is 431 g/mol. The van der Waals surface area contributed by atoms with Crippen molar-refractivity contribution < 1.29 is 18.8 Å². The van der Waals surface area contributed by atoms with Crippen LogP contribution in [0.2, 0.25) is 0 Å². The summed E-state index contributed by atoms with van der Waals surface area (Å²) in [5.41, 5.74) is 2.52. The van der Waals surface area contributed by atoms with Gasteiger partial charge in [-0.3, -0.25) is 19.8 Å². The van der Waals surface area contributed by atoms with Crippen LogP contribution in [0.4, 0.5) is 9.18 Å². The van der Waals surface area contributed by atoms with Gasteiger partial charge in [0, 0.05) is 35.2 Å². The summed E-state index contributed by atoms with van der Waals surface area (Å²) in [6.45, 7) is 0.511. The maximum Gasteiger partial charge on any atom is 0.331 e. The molecule has 0 unspecified atom stereocenters. The van der Waals surface area contributed by atoms with Crippen LogP contribution in [0.3, 0.4) is 0 Å². The van der Waals surface area contributed by atoms with Crippen LogP contribution < -0.4 is 5.32 Å². The Morgan fingerprint density at radius 1 is 1.00 bits per heavy atom. The number of barbiturate groups is 1. The number of fused-ring (bicyclic) bond motifs is 1. The first-order chi connectivity index (χ1) is 15.5. The van der Waals surface area contributed by atoms with Gasteiger partial charge in [-0.15, -0.1) is 0 Å². The van der Waals surface area contributed by atoms with E-state index in [1.54, 1.807) is 18.2 Å². The molecule has 1 aliphatic carbocycles. The maximum atomic E-state index is 13.3. The quantitative estimate of drug-likeness (QED) is 0.496. The number of nitrogens with zero attached hydrogens (tertiary/aromatic N) is 2. The van der Waals surface area contributed by atoms with Gasteiger partial charge < -0.3 is 4.57 Å². The molecule has 4 amide bonds. The zero-order chi connectivity index (χ0) is 22.2. The van der Waals surface area contributed by atoms with Gasteiger partial charge in [0.25, 0.3) is 11.8 Å². The number of nitrogens with one attached hydrogen (secondary N) is 1. The summed E-state index contributed by atoms with van der Waals surface area (Å²) >= 11 is 0. The lowest BCUT2D eigenvalue weighted by Gasteiger charge is -2.31. The van der Waals surface area contributed by atoms with Gasteiger partial charge in [-0.05, 0) is 42.7 Å². The third-order valence-electron chi connectivity index (χ3n) is 6.21. The van der Waals surface area contributed by atoms with E-state index in [4.69, 9.17) is 0 Å². The van der Waals surface area contributed by atoms with E-state index in [9.17, 15) is 18.8 Å². The fourth-order valence-corrected chi connectivity index (χ4v) is 4.63. The first-order valence-electron chi connectivity index (χ1n) is 10.7. The second kappa shape index (κ2) is 8.07. The van der Waals surface area contributed by atoms with Gasteiger partial charge in [-0.25, -0.2) is 9.18 Å². The minimum Gasteiger partial charge on any atom is -0.342 e. The van der Waals surface area contributed by atoms with Crippen LogP contribution in [0.5, 0.6) is 0 Å². The molecule has 2 aliphatic rings. The summed E-state index contributed by atoms with van der Waals surface area (Å²) in [6.07, 6.45) is 6.89. The van der Waals surface area contributed by atoms with E-state index in [-0.39, 0.29) is 17.4 Å². The number of urea groups is 1. The second-order valence-electron chi connectivity index (χ2n) is 8.29. The number of carbonyl (C=O) groups is 3. The van der Waals surface area contributed by atoms with Crippen molar-refractivity contribution in [2.75, 3.05) is 0 Å². The number of benzene rings is 2. The smallest absolute Gasteiger partial charge is 0.331 e. The molecule has 3 aromatic rings. The highest BCUT2D eigenvalue weighted by atomic mass is 19.1. The van der Waals surface area contributed by atoms with Crippen molar-refractivity contribution in [3.8, 4) is 0 Å². The molecule has 0 atom stereocenters. The van der Waals surface area contributed by atoms with Crippen LogP contribution in [-0.4, -0.2) is 33.4 Å². The molecule has 1 aromatic heterocycles. The lowest BCUT2D eigenvalue weighted by atomic mass is 10.0. The van der Waals surface area contributed by atoms with Gasteiger partial charge in [0.15, 0.2) is 0 Å². The number of para-hydroxylation sites is 1. The number of hydrogen-bond donors (Lipinski definition) is 1. The molecule has 1 N–H and O–H groups in total. The maximum absolute atomic E-state index is 13.3. The fourth-order valence-electron chi connectivity index (χ4n) is 4.63. The minimum atomic E-state index is -0.676. The van der Waals surface area contributed by atoms with E-state index in [0.717, 1.165) is 42.1 Å². The highest BCUT2D eigenvalue weighted by Crippen LogP contribution is 2.29. The third-order valence-corrected chi connectivity index (χ3v) is 6.21. The molecule has 162 valence electrons. The number of rotatable bonds is 4. The van der Waals surface area contributed by atoms with Crippen LogP contribution in [-0.2, 0) is 16.1 Å². The fraction of sp³-hybridized carbons (Fsp3) is 0.240. The van der Waals surface area contributed by atoms with Gasteiger partial charge in [-0.1, -0.05) is 43.2 Å². The van der Waals surface area contributed by atoms with Crippen molar-refractivity contribution in [2.45, 2.75) is 38.3 Å². The Morgan fingerprint density at radius 3 is 2.47 bits per heavy atom. The Balaban J connectivity index is 1.53. The molecule has 1 aliphatic heterocycles. The Labute approximate surface area is 184 Å². The van der Waals surface area contributed by atoms with Crippen molar-refractivity contribution in [1.82, 2.24) is 14.8 Å². The van der Waals surface area contributed by atoms with Crippen molar-refractivity contribution >= 4 is 34.8 Å². The van der Waals surface area contributed by atoms with E-state index >= 15 is 0 Å². The number of aromatic nitrogens is 1. The van der Waals surface area contributed by atoms with Crippen molar-refractivity contribution in [3.63, 3.8) is 0 Å². The van der Waals surface area contributed by atoms with Gasteiger partial charge in [0.2, 0.25) is 0 Å². The zero-order valence-electron chi connectivity index (χ0n) is 17.4. The molecule has 32 heavy (non-hydrogen) atoms. The van der Waals surface area contributed by atoms with Gasteiger partial charge >= 0.3 is 6.03 Å². The van der Waals surface area contributed by atoms with E-state index in [2.05, 4.69) is 5.32 Å². The number of amides is 4. The molecular formula is C25H22FN3O3. The number of carbonyl (C=O) groups excluding carboxylic acids is 3. The number of halogens is 1. The number of hydrogen-bond acceptors (Lipinski definition) is 3. The molecule has 7 heteroatoms. The average Bonchev–Trinajstić information content (AvgIpc) is 3.42. The molecule has 0 spiro atoms. The molecule has 5 rings (SSSR count). The Kier molecular flexibility index (Phi) is 5.09. The summed E-state index contributed by atoms with van der Waals surface area (Å²) < 4.78 is 15.3. The predicted octanol–water partition coefficient (Wildman–Crippen LogP) is 4.23. The Bertz CT molecular complexity index is 1250. The summed E-state index contributed by atoms with van der Waals surface area (Å²) in [5, 5.41) is 3.21. The molecular weight excluding hydrogens is 409 g/mol. The van der Waals surface area contributed by atoms with E-state index in [1.807, 2.05) is 35.0 Å². The van der Waals surface area contributed by atoms with Crippen molar-refractivity contribution in [1.29, 1.82) is 0 Å². The molecule has 1 saturated heterocycles. The summed E-state index contributed by atoms with van der Waals surface area (Å²) in [7, 11) is 0. The lowest BCUT2D eigenvalue weighted by Crippen LogP contribution is -2.57. The summed E-state index contributed by atoms with van der Waals surface area (Å²) in [5.74, 6) is -1.51. The molecule has 2 fully saturated rings. The second-order valence-corrected chi connectivity index (χ2v) is 8.29. The first-order valence-corrected chi connectivity index (χ1v) is 10.7. The largest absolute Gasteiger partial charge is 0.342 e. The monoisotopic (exact) mass is 431 g/mol. The molecule has 1 saturated carbocycles. The van der Waals surface area contributed by atoms with Crippen molar-refractivity contribution in [2.24, 2.45) is 0 Å². The first kappa shape index (κ1) is 20.2. The van der Waals surface area contributed by atoms with Crippen LogP contribution in [0.15, 0.2) is 60.3 Å². The molecule has 2 heterocycles. The van der Waals surface area contributed by atoms with E-state index in [1.165, 1.54) is 17.0 Å². The van der Waals surface area contributed by atoms with Crippen LogP contribution in [0, 0.1) is 5.82 Å². The predicted molar refractivity (Wildman–Crippen MR) is 118 cm³/mol. The standard InChI is InChI=1S/C25H22FN3O3/c26-18-11-9-16(10-12-18)14-28-15-17(20-7-3-4-8-22(20)28)13-21-23(30)27-25(32)29(24(21)31)19-5-1-2-6-19/h3-4,7-13,15,19H,1-2,5-6,14H2,(H,27,30,32)/b21-13-. The summed E-state index contributed by atoms with van der Waals surface area (Å²) in [4.78, 5) is 39.3. The normalized spacial score (nSPS) is 18.7. The summed E-state index contributed by atoms with van der Waals surface area (Å²) in [6, 6.07) is 13.2. The lowest BCUT2D eigenvalue weighted by molar-refractivity contribution is -0.131. The van der Waals surface area contributed by atoms with E-state index < -0.39 is 17.8 Å². The zero-order valence-corrected chi connectivity index (χ0v) is 17.4. The molecule has 0 bridgehead atoms. The third kappa shape index (κ3) is 3.60. The SMILES string of the molecule is O=C1NC(=O)N(C2CCCC2)C(=O)/C1=C\c1cn(Cc2ccc(F)cc2)c2ccccc12. The van der Waals surface area contributed by atoms with Gasteiger partial charge in [0.1, 0.15) is 11.4 Å². The number of imide groups is 2. The topological polar surface area (TPSA) is 71.4 Å². The van der Waals surface area contributed by atoms with Crippen LogP contribution in [0.1, 0.15) is 36.8 Å². The molecule has 0 radical (unpaired) electrons. The molecule has 6 nitrogen and oxygen atoms in total. The van der Waals surface area contributed by atoms with Crippen molar-refractivity contribution in [3.05, 3.63) is 77.2 Å². The van der Waals surface area contributed by atoms with E-state index in [0.29, 0.717) is 12.1 Å². The van der Waals surface area contributed by atoms with Gasteiger partial charge in [-0.2, -0.15) is 0 Å². The highest BCUT2D eigenvalue weighted by molar-refractivity contribution is 6.31. The van der Waals surface area contributed by atoms with Crippen LogP contribution >= 0.6 is 0 Å². The van der Waals surface area contributed by atoms with Crippen LogP contribution in [0.25, 0.3) is 17.0 Å².